The first-order valence-corrected chi connectivity index (χ1v) is 9.17. The molecule has 0 aliphatic carbocycles. The highest BCUT2D eigenvalue weighted by Crippen LogP contribution is 2.32. The minimum absolute atomic E-state index is 0.0442. The molecule has 1 nitrogen and oxygen atoms in total. The number of ether oxygens (including phenoxy) is 1. The molecule has 2 aromatic rings. The Morgan fingerprint density at radius 1 is 1.04 bits per heavy atom. The van der Waals surface area contributed by atoms with Crippen LogP contribution in [-0.4, -0.2) is 12.5 Å². The summed E-state index contributed by atoms with van der Waals surface area (Å²) in [5.41, 5.74) is 1.87. The minimum atomic E-state index is -4.50. The number of rotatable bonds is 7. The Morgan fingerprint density at radius 3 is 2.24 bits per heavy atom. The number of halogens is 6. The second-order valence-corrected chi connectivity index (χ2v) is 7.39. The number of alkyl halides is 4. The maximum atomic E-state index is 13.0. The van der Waals surface area contributed by atoms with Crippen LogP contribution in [-0.2, 0) is 6.42 Å². The van der Waals surface area contributed by atoms with E-state index in [9.17, 15) is 17.6 Å². The van der Waals surface area contributed by atoms with Crippen LogP contribution in [0.2, 0.25) is 0 Å². The lowest BCUT2D eigenvalue weighted by atomic mass is 9.94. The van der Waals surface area contributed by atoms with Gasteiger partial charge in [0.2, 0.25) is 0 Å². The van der Waals surface area contributed by atoms with Crippen LogP contribution >= 0.6 is 31.9 Å². The molecule has 0 heterocycles. The lowest BCUT2D eigenvalue weighted by Gasteiger charge is -2.19. The Bertz CT molecular complexity index is 702. The van der Waals surface area contributed by atoms with E-state index in [4.69, 9.17) is 0 Å². The molecule has 0 aliphatic rings. The summed E-state index contributed by atoms with van der Waals surface area (Å²) in [6.07, 6.45) is -6.85. The SMILES string of the molecule is C[C@@H](CCc1c(Br)cccc1Br)c1cccc(OC(F)(F)C(F)F)c1. The zero-order chi connectivity index (χ0) is 18.6. The molecule has 0 radical (unpaired) electrons. The third-order valence-electron chi connectivity index (χ3n) is 3.82. The molecule has 0 amide bonds. The molecule has 25 heavy (non-hydrogen) atoms. The van der Waals surface area contributed by atoms with Gasteiger partial charge >= 0.3 is 12.5 Å². The second-order valence-electron chi connectivity index (χ2n) is 5.68. The maximum absolute atomic E-state index is 13.0. The molecule has 0 spiro atoms. The Labute approximate surface area is 160 Å². The van der Waals surface area contributed by atoms with Gasteiger partial charge < -0.3 is 4.74 Å². The summed E-state index contributed by atoms with van der Waals surface area (Å²) in [7, 11) is 0. The monoisotopic (exact) mass is 482 g/mol. The molecule has 0 fully saturated rings. The molecule has 7 heteroatoms. The molecule has 0 aliphatic heterocycles. The number of hydrogen-bond donors (Lipinski definition) is 0. The van der Waals surface area contributed by atoms with Gasteiger partial charge in [-0.05, 0) is 54.2 Å². The van der Waals surface area contributed by atoms with E-state index in [2.05, 4.69) is 36.6 Å². The molecule has 1 atom stereocenters. The zero-order valence-electron chi connectivity index (χ0n) is 13.3. The normalized spacial score (nSPS) is 13.1. The highest BCUT2D eigenvalue weighted by molar-refractivity contribution is 9.11. The van der Waals surface area contributed by atoms with Gasteiger partial charge in [-0.3, -0.25) is 0 Å². The fourth-order valence-corrected chi connectivity index (χ4v) is 3.78. The van der Waals surface area contributed by atoms with Gasteiger partial charge in [-0.25, -0.2) is 0 Å². The van der Waals surface area contributed by atoms with Crippen LogP contribution in [0.15, 0.2) is 51.4 Å². The van der Waals surface area contributed by atoms with Crippen LogP contribution in [0.25, 0.3) is 0 Å². The maximum Gasteiger partial charge on any atom is 0.461 e. The predicted molar refractivity (Wildman–Crippen MR) is 96.6 cm³/mol. The summed E-state index contributed by atoms with van der Waals surface area (Å²) in [6, 6.07) is 11.7. The first kappa shape index (κ1) is 20.2. The molecule has 136 valence electrons. The van der Waals surface area contributed by atoms with Gasteiger partial charge in [-0.15, -0.1) is 0 Å². The van der Waals surface area contributed by atoms with Gasteiger partial charge in [-0.1, -0.05) is 57.0 Å². The molecule has 0 bridgehead atoms. The summed E-state index contributed by atoms with van der Waals surface area (Å²) in [5.74, 6) is -0.223. The van der Waals surface area contributed by atoms with Crippen LogP contribution in [0.4, 0.5) is 17.6 Å². The lowest BCUT2D eigenvalue weighted by molar-refractivity contribution is -0.253. The van der Waals surface area contributed by atoms with Crippen molar-refractivity contribution in [2.45, 2.75) is 38.2 Å². The van der Waals surface area contributed by atoms with Gasteiger partial charge in [0.15, 0.2) is 0 Å². The van der Waals surface area contributed by atoms with Crippen LogP contribution in [0, 0.1) is 0 Å². The molecule has 2 aromatic carbocycles. The summed E-state index contributed by atoms with van der Waals surface area (Å²) in [4.78, 5) is 0. The Morgan fingerprint density at radius 2 is 1.64 bits per heavy atom. The van der Waals surface area contributed by atoms with E-state index in [0.717, 1.165) is 32.9 Å². The first-order chi connectivity index (χ1) is 11.7. The molecule has 2 rings (SSSR count). The van der Waals surface area contributed by atoms with E-state index >= 15 is 0 Å². The van der Waals surface area contributed by atoms with Crippen molar-refractivity contribution in [2.75, 3.05) is 0 Å². The van der Waals surface area contributed by atoms with Gasteiger partial charge in [0.25, 0.3) is 0 Å². The smallest absolute Gasteiger partial charge is 0.428 e. The van der Waals surface area contributed by atoms with Gasteiger partial charge in [0.1, 0.15) is 5.75 Å². The third kappa shape index (κ3) is 5.45. The molecule has 0 aromatic heterocycles. The van der Waals surface area contributed by atoms with Gasteiger partial charge in [0, 0.05) is 8.95 Å². The van der Waals surface area contributed by atoms with Crippen molar-refractivity contribution < 1.29 is 22.3 Å². The number of benzene rings is 2. The van der Waals surface area contributed by atoms with Crippen molar-refractivity contribution in [3.05, 3.63) is 62.5 Å². The van der Waals surface area contributed by atoms with E-state index in [1.165, 1.54) is 18.2 Å². The Kier molecular flexibility index (Phi) is 6.91. The van der Waals surface area contributed by atoms with E-state index in [1.54, 1.807) is 6.07 Å². The highest BCUT2D eigenvalue weighted by Gasteiger charge is 2.44. The standard InChI is InChI=1S/C18H16Br2F4O/c1-11(8-9-14-15(19)6-3-7-16(14)20)12-4-2-5-13(10-12)25-18(23,24)17(21)22/h2-7,10-11,17H,8-9H2,1H3/t11-/m0/s1. The quantitative estimate of drug-likeness (QED) is 0.379. The van der Waals surface area contributed by atoms with Crippen molar-refractivity contribution in [3.8, 4) is 5.75 Å². The van der Waals surface area contributed by atoms with Crippen LogP contribution < -0.4 is 4.74 Å². The lowest BCUT2D eigenvalue weighted by Crippen LogP contribution is -2.33. The van der Waals surface area contributed by atoms with Crippen molar-refractivity contribution in [2.24, 2.45) is 0 Å². The average Bonchev–Trinajstić information content (AvgIpc) is 2.54. The van der Waals surface area contributed by atoms with Crippen LogP contribution in [0.1, 0.15) is 30.4 Å². The van der Waals surface area contributed by atoms with E-state index in [0.29, 0.717) is 0 Å². The van der Waals surface area contributed by atoms with Gasteiger partial charge in [-0.2, -0.15) is 17.6 Å². The fraction of sp³-hybridized carbons (Fsp3) is 0.333. The fourth-order valence-electron chi connectivity index (χ4n) is 2.38. The average molecular weight is 484 g/mol. The summed E-state index contributed by atoms with van der Waals surface area (Å²) < 4.78 is 56.7. The minimum Gasteiger partial charge on any atom is -0.428 e. The van der Waals surface area contributed by atoms with Crippen molar-refractivity contribution in [1.82, 2.24) is 0 Å². The van der Waals surface area contributed by atoms with E-state index < -0.39 is 12.5 Å². The molecule has 0 saturated heterocycles. The molecule has 0 unspecified atom stereocenters. The summed E-state index contributed by atoms with van der Waals surface area (Å²) in [6.45, 7) is 1.95. The van der Waals surface area contributed by atoms with E-state index in [-0.39, 0.29) is 11.7 Å². The largest absolute Gasteiger partial charge is 0.461 e. The second kappa shape index (κ2) is 8.54. The highest BCUT2D eigenvalue weighted by atomic mass is 79.9. The van der Waals surface area contributed by atoms with Gasteiger partial charge in [0.05, 0.1) is 0 Å². The predicted octanol–water partition coefficient (Wildman–Crippen LogP) is 7.18. The zero-order valence-corrected chi connectivity index (χ0v) is 16.5. The Hall–Kier alpha value is -1.08. The molecular formula is C18H16Br2F4O. The molecule has 0 N–H and O–H groups in total. The molecule has 0 saturated carbocycles. The van der Waals surface area contributed by atoms with E-state index in [1.807, 2.05) is 25.1 Å². The third-order valence-corrected chi connectivity index (χ3v) is 5.31. The van der Waals surface area contributed by atoms with Crippen LogP contribution in [0.3, 0.4) is 0 Å². The van der Waals surface area contributed by atoms with Crippen molar-refractivity contribution in [3.63, 3.8) is 0 Å². The number of hydrogen-bond acceptors (Lipinski definition) is 1. The van der Waals surface area contributed by atoms with Crippen molar-refractivity contribution in [1.29, 1.82) is 0 Å². The summed E-state index contributed by atoms with van der Waals surface area (Å²) in [5, 5.41) is 0. The molecular weight excluding hydrogens is 468 g/mol. The van der Waals surface area contributed by atoms with Crippen LogP contribution in [0.5, 0.6) is 5.75 Å². The Balaban J connectivity index is 2.07. The summed E-state index contributed by atoms with van der Waals surface area (Å²) >= 11 is 7.01. The topological polar surface area (TPSA) is 9.23 Å². The first-order valence-electron chi connectivity index (χ1n) is 7.58. The van der Waals surface area contributed by atoms with Crippen molar-refractivity contribution >= 4 is 31.9 Å².